The molecule has 0 aliphatic heterocycles. The van der Waals surface area contributed by atoms with Crippen molar-refractivity contribution in [3.05, 3.63) is 333 Å². The first kappa shape index (κ1) is 127. The van der Waals surface area contributed by atoms with Gasteiger partial charge in [0.1, 0.15) is 113 Å². The summed E-state index contributed by atoms with van der Waals surface area (Å²) in [6.07, 6.45) is 55.7. The molecule has 0 bridgehead atoms. The Kier molecular flexibility index (Phi) is 102. The van der Waals surface area contributed by atoms with Crippen LogP contribution in [0, 0.1) is 0 Å². The molecule has 0 atom stereocenters. The first-order valence-electron chi connectivity index (χ1n) is 29.4. The summed E-state index contributed by atoms with van der Waals surface area (Å²) in [5, 5.41) is 60.2. The van der Waals surface area contributed by atoms with E-state index in [0.29, 0.717) is 0 Å². The molecule has 18 heterocycles. The van der Waals surface area contributed by atoms with Gasteiger partial charge in [-0.3, -0.25) is 0 Å². The Morgan fingerprint density at radius 2 is 0.146 bits per heavy atom. The summed E-state index contributed by atoms with van der Waals surface area (Å²) >= 11 is 0. The molecule has 123 heavy (non-hydrogen) atoms. The van der Waals surface area contributed by atoms with Crippen molar-refractivity contribution in [1.82, 2.24) is 92.8 Å². The average molecular weight is 1930 g/mol. The van der Waals surface area contributed by atoms with Crippen LogP contribution >= 0.6 is 0 Å². The van der Waals surface area contributed by atoms with Crippen LogP contribution in [0.15, 0.2) is 415 Å². The van der Waals surface area contributed by atoms with Gasteiger partial charge in [-0.1, -0.05) is 92.8 Å². The van der Waals surface area contributed by atoms with Crippen LogP contribution < -0.4 is 0 Å². The van der Waals surface area contributed by atoms with Crippen LogP contribution in [0.4, 0.5) is 104 Å². The van der Waals surface area contributed by atoms with E-state index in [2.05, 4.69) is 174 Å². The number of hydrogen-bond acceptors (Lipinski definition) is 36. The van der Waals surface area contributed by atoms with E-state index in [1.54, 1.807) is 221 Å². The van der Waals surface area contributed by atoms with Crippen LogP contribution in [-0.4, -0.2) is 136 Å². The number of rotatable bonds is 0. The largest absolute Gasteiger partial charge is 2.00 e. The number of nitrogens with zero attached hydrogens (tertiary/aromatic N) is 18. The maximum Gasteiger partial charge on any atom is 2.00 e. The van der Waals surface area contributed by atoms with Gasteiger partial charge in [-0.2, -0.15) is 0 Å². The van der Waals surface area contributed by atoms with Crippen molar-refractivity contribution >= 4 is 43.5 Å². The Hall–Kier alpha value is -14.0. The second-order valence-corrected chi connectivity index (χ2v) is 15.4. The van der Waals surface area contributed by atoms with Gasteiger partial charge in [-0.05, 0) is 109 Å². The van der Waals surface area contributed by atoms with E-state index in [-0.39, 0.29) is 51.2 Å². The van der Waals surface area contributed by atoms with Gasteiger partial charge in [0.25, 0.3) is 0 Å². The first-order valence-corrected chi connectivity index (χ1v) is 29.4. The molecule has 0 radical (unpaired) electrons. The molecule has 0 aliphatic carbocycles. The van der Waals surface area contributed by atoms with Gasteiger partial charge in [0.05, 0.1) is 112 Å². The third-order valence-corrected chi connectivity index (χ3v) is 6.25. The van der Waals surface area contributed by atoms with Gasteiger partial charge in [-0.15, -0.1) is 0 Å². The molecule has 0 fully saturated rings. The zero-order valence-electron chi connectivity index (χ0n) is 60.2. The minimum atomic E-state index is -6.00. The fourth-order valence-electron chi connectivity index (χ4n) is 3.16. The van der Waals surface area contributed by atoms with Gasteiger partial charge < -0.3 is 185 Å². The fraction of sp³-hybridized carbons (Fsp3) is 0. The average Bonchev–Trinajstić information content (AvgIpc) is 2.06. The topological polar surface area (TPSA) is 469 Å². The number of halogens is 24. The maximum absolute atomic E-state index is 9.75. The fourth-order valence-corrected chi connectivity index (χ4v) is 3.16. The zero-order valence-corrected chi connectivity index (χ0v) is 63.5. The minimum absolute atomic E-state index is 0. The summed E-state index contributed by atoms with van der Waals surface area (Å²) in [6.45, 7) is 0. The molecule has 0 aliphatic rings. The SMILES string of the molecule is F[B-](F)(F)F.F[B-](F)(F)F.F[B-](F)(F)F.F[B-](F)(F)F.F[B-](F)(F)F.F[B-](F)(F)F.[Fe+2].[Fe+2].[Fe+2].c1cnoc1.c1cnoc1.c1cnoc1.c1cnoc1.c1cnoc1.c1cnoc1.c1cnoc1.c1cnoc1.c1cnoc1.c1cnoc1.c1cnoc1.c1cnoc1.c1cnoc1.c1cnoc1.c1cnoc1.c1cnoc1.c1cnoc1.c1cnoc1. The van der Waals surface area contributed by atoms with Crippen LogP contribution in [-0.2, 0) is 51.2 Å². The van der Waals surface area contributed by atoms with E-state index in [1.807, 2.05) is 0 Å². The second kappa shape index (κ2) is 98.6. The van der Waals surface area contributed by atoms with E-state index in [0.717, 1.165) is 0 Å². The van der Waals surface area contributed by atoms with Gasteiger partial charge in [0.2, 0.25) is 0 Å². The van der Waals surface area contributed by atoms with Gasteiger partial charge in [-0.25, -0.2) is 0 Å². The van der Waals surface area contributed by atoms with Crippen molar-refractivity contribution in [3.63, 3.8) is 0 Å². The molecule has 0 amide bonds. The monoisotopic (exact) mass is 1930 g/mol. The summed E-state index contributed by atoms with van der Waals surface area (Å²) in [7, 11) is -36.0. The summed E-state index contributed by atoms with van der Waals surface area (Å²) in [4.78, 5) is 0. The quantitative estimate of drug-likeness (QED) is 0.100. The molecule has 18 aromatic rings. The van der Waals surface area contributed by atoms with Gasteiger partial charge in [0.15, 0.2) is 0 Å². The molecule has 0 saturated carbocycles. The summed E-state index contributed by atoms with van der Waals surface area (Å²) in [6, 6.07) is 31.0. The normalized spacial score (nSPS) is 8.78. The Morgan fingerprint density at radius 3 is 0.154 bits per heavy atom. The first-order chi connectivity index (χ1) is 57.0. The Balaban J connectivity index is -0.000000157. The molecule has 69 heteroatoms. The molecule has 0 unspecified atom stereocenters. The number of hydrogen-bond donors (Lipinski definition) is 0. The van der Waals surface area contributed by atoms with Gasteiger partial charge >= 0.3 is 94.7 Å². The Morgan fingerprint density at radius 1 is 0.106 bits per heavy atom. The molecule has 18 aromatic heterocycles. The van der Waals surface area contributed by atoms with Crippen LogP contribution in [0.1, 0.15) is 0 Å². The summed E-state index contributed by atoms with van der Waals surface area (Å²) < 4.78 is 312. The molecule has 0 N–H and O–H groups in total. The predicted octanol–water partition coefficient (Wildman–Crippen LogP) is 19.9. The van der Waals surface area contributed by atoms with Crippen molar-refractivity contribution in [2.24, 2.45) is 0 Å². The van der Waals surface area contributed by atoms with E-state index in [4.69, 9.17) is 0 Å². The standard InChI is InChI=1S/18C3H3NO.6BF4.3Fe/c18*1-2-4-5-3-1;6*2-1(3,4)5;;;/h18*1-3H;;;;;;;;;/q;;;;;;;;;;;;;;;;;;6*-1;3*+2. The molecule has 0 spiro atoms. The predicted molar refractivity (Wildman–Crippen MR) is 358 cm³/mol. The minimum Gasteiger partial charge on any atom is -0.418 e. The molecule has 678 valence electrons. The van der Waals surface area contributed by atoms with E-state index in [1.165, 1.54) is 113 Å². The molecular formula is C54H54B6F24Fe3N18O18. The van der Waals surface area contributed by atoms with Crippen LogP contribution in [0.25, 0.3) is 0 Å². The van der Waals surface area contributed by atoms with E-state index < -0.39 is 43.5 Å². The number of aromatic nitrogens is 18. The van der Waals surface area contributed by atoms with Crippen LogP contribution in [0.3, 0.4) is 0 Å². The smallest absolute Gasteiger partial charge is 0.418 e. The molecular weight excluding hydrogens is 1880 g/mol. The zero-order chi connectivity index (χ0) is 90.6. The molecule has 0 saturated heterocycles. The van der Waals surface area contributed by atoms with Crippen molar-refractivity contribution in [3.8, 4) is 0 Å². The van der Waals surface area contributed by atoms with E-state index >= 15 is 0 Å². The van der Waals surface area contributed by atoms with Gasteiger partial charge in [0, 0.05) is 0 Å². The summed E-state index contributed by atoms with van der Waals surface area (Å²) in [5.74, 6) is 0. The van der Waals surface area contributed by atoms with Crippen molar-refractivity contribution in [1.29, 1.82) is 0 Å². The van der Waals surface area contributed by atoms with Crippen LogP contribution in [0.5, 0.6) is 0 Å². The maximum atomic E-state index is 9.75. The molecule has 18 rings (SSSR count). The van der Waals surface area contributed by atoms with Crippen molar-refractivity contribution < 1.29 is 236 Å². The Bertz CT molecular complexity index is 2760. The van der Waals surface area contributed by atoms with E-state index in [9.17, 15) is 104 Å². The second-order valence-electron chi connectivity index (χ2n) is 15.4. The van der Waals surface area contributed by atoms with Crippen molar-refractivity contribution in [2.45, 2.75) is 0 Å². The molecule has 36 nitrogen and oxygen atoms in total. The van der Waals surface area contributed by atoms with Crippen molar-refractivity contribution in [2.75, 3.05) is 0 Å². The Labute approximate surface area is 703 Å². The summed E-state index contributed by atoms with van der Waals surface area (Å²) in [5.41, 5.74) is 0. The third kappa shape index (κ3) is 210. The van der Waals surface area contributed by atoms with Crippen LogP contribution in [0.2, 0.25) is 0 Å². The third-order valence-electron chi connectivity index (χ3n) is 6.25. The molecule has 0 aromatic carbocycles.